The summed E-state index contributed by atoms with van der Waals surface area (Å²) in [5.74, 6) is -0.828. The predicted molar refractivity (Wildman–Crippen MR) is 68.3 cm³/mol. The number of alkyl halides is 1. The number of primary amides is 1. The zero-order valence-electron chi connectivity index (χ0n) is 9.63. The average molecular weight is 255 g/mol. The number of rotatable bonds is 5. The molecule has 0 radical (unpaired) electrons. The van der Waals surface area contributed by atoms with Crippen molar-refractivity contribution >= 4 is 29.1 Å². The first-order valence-corrected chi connectivity index (χ1v) is 5.90. The van der Waals surface area contributed by atoms with Gasteiger partial charge in [-0.2, -0.15) is 0 Å². The van der Waals surface area contributed by atoms with E-state index in [1.807, 2.05) is 6.92 Å². The molecule has 0 heterocycles. The Morgan fingerprint density at radius 3 is 2.65 bits per heavy atom. The lowest BCUT2D eigenvalue weighted by atomic mass is 10.0. The van der Waals surface area contributed by atoms with Gasteiger partial charge in [-0.05, 0) is 30.2 Å². The molecule has 0 spiro atoms. The molecule has 3 N–H and O–H groups in total. The molecule has 17 heavy (non-hydrogen) atoms. The first-order valence-electron chi connectivity index (χ1n) is 5.37. The van der Waals surface area contributed by atoms with Crippen LogP contribution in [0.3, 0.4) is 0 Å². The van der Waals surface area contributed by atoms with Gasteiger partial charge in [0.15, 0.2) is 0 Å². The second-order valence-corrected chi connectivity index (χ2v) is 3.94. The summed E-state index contributed by atoms with van der Waals surface area (Å²) in [4.78, 5) is 22.3. The molecule has 0 aliphatic carbocycles. The van der Waals surface area contributed by atoms with Crippen molar-refractivity contribution in [1.82, 2.24) is 0 Å². The van der Waals surface area contributed by atoms with Crippen LogP contribution in [0.1, 0.15) is 29.3 Å². The van der Waals surface area contributed by atoms with Crippen molar-refractivity contribution in [3.05, 3.63) is 29.3 Å². The smallest absolute Gasteiger partial charge is 0.248 e. The van der Waals surface area contributed by atoms with Crippen LogP contribution in [0.4, 0.5) is 5.69 Å². The number of hydrogen-bond donors (Lipinski definition) is 2. The number of hydrogen-bond acceptors (Lipinski definition) is 2. The number of carbonyl (C=O) groups is 2. The third-order valence-corrected chi connectivity index (χ3v) is 2.54. The highest BCUT2D eigenvalue weighted by Gasteiger charge is 2.09. The van der Waals surface area contributed by atoms with Crippen LogP contribution >= 0.6 is 11.6 Å². The predicted octanol–water partition coefficient (Wildman–Crippen LogP) is 1.92. The van der Waals surface area contributed by atoms with Gasteiger partial charge in [-0.1, -0.05) is 13.3 Å². The SMILES string of the molecule is CCCc1cc(NC(=O)CCl)ccc1C(N)=O. The van der Waals surface area contributed by atoms with Crippen LogP contribution in [0.25, 0.3) is 0 Å². The molecule has 0 atom stereocenters. The monoisotopic (exact) mass is 254 g/mol. The molecular weight excluding hydrogens is 240 g/mol. The van der Waals surface area contributed by atoms with Crippen molar-refractivity contribution in [3.63, 3.8) is 0 Å². The minimum Gasteiger partial charge on any atom is -0.366 e. The second kappa shape index (κ2) is 6.25. The minimum absolute atomic E-state index is 0.0965. The van der Waals surface area contributed by atoms with Crippen LogP contribution in [0.15, 0.2) is 18.2 Å². The molecular formula is C12H15ClN2O2. The number of amides is 2. The van der Waals surface area contributed by atoms with Crippen LogP contribution in [-0.2, 0) is 11.2 Å². The average Bonchev–Trinajstić information content (AvgIpc) is 2.29. The molecule has 2 amide bonds. The zero-order valence-corrected chi connectivity index (χ0v) is 10.4. The third-order valence-electron chi connectivity index (χ3n) is 2.30. The Bertz CT molecular complexity index is 433. The van der Waals surface area contributed by atoms with E-state index in [0.717, 1.165) is 18.4 Å². The van der Waals surface area contributed by atoms with Gasteiger partial charge < -0.3 is 11.1 Å². The number of halogens is 1. The largest absolute Gasteiger partial charge is 0.366 e. The lowest BCUT2D eigenvalue weighted by Gasteiger charge is -2.09. The number of aryl methyl sites for hydroxylation is 1. The maximum absolute atomic E-state index is 11.2. The van der Waals surface area contributed by atoms with E-state index in [2.05, 4.69) is 5.32 Å². The van der Waals surface area contributed by atoms with E-state index in [-0.39, 0.29) is 11.8 Å². The maximum Gasteiger partial charge on any atom is 0.248 e. The lowest BCUT2D eigenvalue weighted by Crippen LogP contribution is -2.16. The van der Waals surface area contributed by atoms with Gasteiger partial charge in [0, 0.05) is 11.3 Å². The van der Waals surface area contributed by atoms with E-state index in [0.29, 0.717) is 11.3 Å². The number of nitrogens with two attached hydrogens (primary N) is 1. The van der Waals surface area contributed by atoms with E-state index in [4.69, 9.17) is 17.3 Å². The molecule has 0 bridgehead atoms. The van der Waals surface area contributed by atoms with Gasteiger partial charge >= 0.3 is 0 Å². The van der Waals surface area contributed by atoms with Crippen molar-refractivity contribution < 1.29 is 9.59 Å². The van der Waals surface area contributed by atoms with E-state index in [1.165, 1.54) is 0 Å². The van der Waals surface area contributed by atoms with Crippen LogP contribution in [-0.4, -0.2) is 17.7 Å². The van der Waals surface area contributed by atoms with Crippen molar-refractivity contribution in [2.75, 3.05) is 11.2 Å². The molecule has 0 fully saturated rings. The number of anilines is 1. The summed E-state index contributed by atoms with van der Waals surface area (Å²) in [6.07, 6.45) is 1.63. The molecule has 1 aromatic carbocycles. The summed E-state index contributed by atoms with van der Waals surface area (Å²) in [6, 6.07) is 5.02. The molecule has 1 aromatic rings. The summed E-state index contributed by atoms with van der Waals surface area (Å²) in [5, 5.41) is 2.63. The van der Waals surface area contributed by atoms with Crippen molar-refractivity contribution in [2.24, 2.45) is 5.73 Å². The van der Waals surface area contributed by atoms with E-state index < -0.39 is 5.91 Å². The lowest BCUT2D eigenvalue weighted by molar-refractivity contribution is -0.113. The number of benzene rings is 1. The Morgan fingerprint density at radius 1 is 1.41 bits per heavy atom. The summed E-state index contributed by atoms with van der Waals surface area (Å²) in [5.41, 5.74) is 7.24. The second-order valence-electron chi connectivity index (χ2n) is 3.67. The Labute approximate surface area is 105 Å². The molecule has 5 heteroatoms. The van der Waals surface area contributed by atoms with Gasteiger partial charge in [0.1, 0.15) is 5.88 Å². The van der Waals surface area contributed by atoms with Crippen LogP contribution in [0.2, 0.25) is 0 Å². The number of carbonyl (C=O) groups excluding carboxylic acids is 2. The fraction of sp³-hybridized carbons (Fsp3) is 0.333. The van der Waals surface area contributed by atoms with Crippen LogP contribution in [0.5, 0.6) is 0 Å². The first-order chi connectivity index (χ1) is 8.08. The van der Waals surface area contributed by atoms with E-state index >= 15 is 0 Å². The highest BCUT2D eigenvalue weighted by atomic mass is 35.5. The Hall–Kier alpha value is -1.55. The van der Waals surface area contributed by atoms with E-state index in [1.54, 1.807) is 18.2 Å². The summed E-state index contributed by atoms with van der Waals surface area (Å²) in [7, 11) is 0. The minimum atomic E-state index is -0.455. The van der Waals surface area contributed by atoms with Crippen molar-refractivity contribution in [3.8, 4) is 0 Å². The Balaban J connectivity index is 3.00. The molecule has 4 nitrogen and oxygen atoms in total. The highest BCUT2D eigenvalue weighted by molar-refractivity contribution is 6.29. The summed E-state index contributed by atoms with van der Waals surface area (Å²) >= 11 is 5.40. The first kappa shape index (κ1) is 13.5. The fourth-order valence-corrected chi connectivity index (χ4v) is 1.65. The highest BCUT2D eigenvalue weighted by Crippen LogP contribution is 2.17. The third kappa shape index (κ3) is 3.75. The van der Waals surface area contributed by atoms with Gasteiger partial charge in [0.2, 0.25) is 11.8 Å². The molecule has 0 aliphatic rings. The zero-order chi connectivity index (χ0) is 12.8. The molecule has 1 rings (SSSR count). The maximum atomic E-state index is 11.2. The summed E-state index contributed by atoms with van der Waals surface area (Å²) in [6.45, 7) is 2.01. The Morgan fingerprint density at radius 2 is 2.12 bits per heavy atom. The normalized spacial score (nSPS) is 10.0. The molecule has 0 saturated heterocycles. The topological polar surface area (TPSA) is 72.2 Å². The molecule has 0 unspecified atom stereocenters. The number of nitrogens with one attached hydrogen (secondary N) is 1. The molecule has 0 aliphatic heterocycles. The van der Waals surface area contributed by atoms with Crippen LogP contribution in [0, 0.1) is 0 Å². The van der Waals surface area contributed by atoms with E-state index in [9.17, 15) is 9.59 Å². The fourth-order valence-electron chi connectivity index (χ4n) is 1.58. The van der Waals surface area contributed by atoms with Gasteiger partial charge in [0.05, 0.1) is 0 Å². The van der Waals surface area contributed by atoms with Crippen molar-refractivity contribution in [2.45, 2.75) is 19.8 Å². The molecule has 0 aromatic heterocycles. The molecule has 0 saturated carbocycles. The van der Waals surface area contributed by atoms with Gasteiger partial charge in [-0.25, -0.2) is 0 Å². The van der Waals surface area contributed by atoms with Crippen molar-refractivity contribution in [1.29, 1.82) is 0 Å². The quantitative estimate of drug-likeness (QED) is 0.788. The van der Waals surface area contributed by atoms with Crippen LogP contribution < -0.4 is 11.1 Å². The van der Waals surface area contributed by atoms with Gasteiger partial charge in [-0.15, -0.1) is 11.6 Å². The molecule has 92 valence electrons. The Kier molecular flexibility index (Phi) is 4.97. The summed E-state index contributed by atoms with van der Waals surface area (Å²) < 4.78 is 0. The standard InChI is InChI=1S/C12H15ClN2O2/c1-2-3-8-6-9(15-11(16)7-13)4-5-10(8)12(14)17/h4-6H,2-3,7H2,1H3,(H2,14,17)(H,15,16). The van der Waals surface area contributed by atoms with Gasteiger partial charge in [-0.3, -0.25) is 9.59 Å². The van der Waals surface area contributed by atoms with Gasteiger partial charge in [0.25, 0.3) is 0 Å².